The minimum absolute atomic E-state index is 0.0211. The van der Waals surface area contributed by atoms with E-state index < -0.39 is 0 Å². The number of amides is 1. The molecular formula is C25H30N6O3. The highest BCUT2D eigenvalue weighted by Gasteiger charge is 2.29. The van der Waals surface area contributed by atoms with Gasteiger partial charge in [0.2, 0.25) is 5.91 Å². The zero-order chi connectivity index (χ0) is 23.5. The Morgan fingerprint density at radius 2 is 2.21 bits per heavy atom. The molecule has 9 nitrogen and oxygen atoms in total. The average molecular weight is 463 g/mol. The molecule has 4 heterocycles. The number of methoxy groups -OCH3 is 1. The number of ether oxygens (including phenoxy) is 2. The van der Waals surface area contributed by atoms with Crippen LogP contribution < -0.4 is 10.6 Å². The van der Waals surface area contributed by atoms with Crippen molar-refractivity contribution < 1.29 is 14.3 Å². The number of rotatable bonds is 8. The Morgan fingerprint density at radius 3 is 3.03 bits per heavy atom. The van der Waals surface area contributed by atoms with Crippen molar-refractivity contribution >= 4 is 34.0 Å². The molecule has 2 aromatic heterocycles. The number of anilines is 3. The number of carbonyl (C=O) groups is 1. The van der Waals surface area contributed by atoms with E-state index in [0.29, 0.717) is 26.3 Å². The lowest BCUT2D eigenvalue weighted by atomic mass is 9.97. The van der Waals surface area contributed by atoms with Crippen LogP contribution in [0.15, 0.2) is 48.3 Å². The number of hydrogen-bond donors (Lipinski definition) is 2. The molecule has 34 heavy (non-hydrogen) atoms. The number of nitrogens with zero attached hydrogens (tertiary/aromatic N) is 4. The third-order valence-corrected chi connectivity index (χ3v) is 6.50. The van der Waals surface area contributed by atoms with Gasteiger partial charge in [-0.25, -0.2) is 4.98 Å². The van der Waals surface area contributed by atoms with Crippen molar-refractivity contribution in [3.63, 3.8) is 0 Å². The summed E-state index contributed by atoms with van der Waals surface area (Å²) in [5.74, 6) is 0.941. The second-order valence-electron chi connectivity index (χ2n) is 8.67. The van der Waals surface area contributed by atoms with Gasteiger partial charge in [-0.2, -0.15) is 5.10 Å². The highest BCUT2D eigenvalue weighted by Crippen LogP contribution is 2.35. The lowest BCUT2D eigenvalue weighted by molar-refractivity contribution is -0.136. The van der Waals surface area contributed by atoms with Gasteiger partial charge in [-0.3, -0.25) is 9.48 Å². The van der Waals surface area contributed by atoms with Crippen molar-refractivity contribution in [2.75, 3.05) is 50.7 Å². The summed E-state index contributed by atoms with van der Waals surface area (Å²) in [7, 11) is 3.57. The van der Waals surface area contributed by atoms with Crippen LogP contribution in [0.1, 0.15) is 12.0 Å². The molecule has 9 heteroatoms. The summed E-state index contributed by atoms with van der Waals surface area (Å²) in [4.78, 5) is 18.8. The van der Waals surface area contributed by atoms with Crippen molar-refractivity contribution in [2.24, 2.45) is 7.05 Å². The minimum atomic E-state index is 0.0211. The van der Waals surface area contributed by atoms with E-state index in [1.165, 1.54) is 11.1 Å². The maximum absolute atomic E-state index is 12.4. The number of aromatic nitrogens is 3. The van der Waals surface area contributed by atoms with Gasteiger partial charge in [-0.1, -0.05) is 6.08 Å². The van der Waals surface area contributed by atoms with E-state index in [1.54, 1.807) is 7.11 Å². The number of carbonyl (C=O) groups excluding carboxylic acids is 1. The van der Waals surface area contributed by atoms with Gasteiger partial charge >= 0.3 is 0 Å². The first-order valence-corrected chi connectivity index (χ1v) is 11.6. The van der Waals surface area contributed by atoms with E-state index in [9.17, 15) is 4.79 Å². The first kappa shape index (κ1) is 22.4. The van der Waals surface area contributed by atoms with Gasteiger partial charge in [0.15, 0.2) is 0 Å². The topological polar surface area (TPSA) is 93.5 Å². The van der Waals surface area contributed by atoms with E-state index in [4.69, 9.17) is 9.47 Å². The number of aryl methyl sites for hydroxylation is 1. The summed E-state index contributed by atoms with van der Waals surface area (Å²) >= 11 is 0. The average Bonchev–Trinajstić information content (AvgIpc) is 3.46. The van der Waals surface area contributed by atoms with Gasteiger partial charge in [0.25, 0.3) is 0 Å². The van der Waals surface area contributed by atoms with Crippen LogP contribution in [0, 0.1) is 0 Å². The van der Waals surface area contributed by atoms with E-state index in [2.05, 4.69) is 45.0 Å². The summed E-state index contributed by atoms with van der Waals surface area (Å²) < 4.78 is 12.2. The number of nitrogens with one attached hydrogen (secondary N) is 2. The van der Waals surface area contributed by atoms with Crippen molar-refractivity contribution in [1.82, 2.24) is 19.7 Å². The number of pyridine rings is 1. The fourth-order valence-electron chi connectivity index (χ4n) is 4.60. The predicted octanol–water partition coefficient (Wildman–Crippen LogP) is 2.87. The fraction of sp³-hybridized carbons (Fsp3) is 0.400. The van der Waals surface area contributed by atoms with Crippen LogP contribution in [0.2, 0.25) is 0 Å². The fourth-order valence-corrected chi connectivity index (χ4v) is 4.60. The molecule has 0 fully saturated rings. The molecule has 1 amide bonds. The minimum Gasteiger partial charge on any atom is -0.382 e. The van der Waals surface area contributed by atoms with Crippen LogP contribution in [-0.4, -0.2) is 71.6 Å². The molecule has 2 N–H and O–H groups in total. The van der Waals surface area contributed by atoms with Crippen LogP contribution in [-0.2, 0) is 27.7 Å². The summed E-state index contributed by atoms with van der Waals surface area (Å²) in [5.41, 5.74) is 5.70. The molecule has 0 aliphatic carbocycles. The maximum atomic E-state index is 12.4. The largest absolute Gasteiger partial charge is 0.382 e. The molecule has 1 unspecified atom stereocenters. The third-order valence-electron chi connectivity index (χ3n) is 6.50. The Bertz CT molecular complexity index is 1220. The monoisotopic (exact) mass is 462 g/mol. The molecule has 0 saturated carbocycles. The molecule has 0 spiro atoms. The Labute approximate surface area is 198 Å². The second kappa shape index (κ2) is 9.82. The van der Waals surface area contributed by atoms with Gasteiger partial charge in [-0.05, 0) is 36.3 Å². The van der Waals surface area contributed by atoms with Crippen molar-refractivity contribution in [3.8, 4) is 0 Å². The lowest BCUT2D eigenvalue weighted by Gasteiger charge is -2.28. The van der Waals surface area contributed by atoms with Gasteiger partial charge in [0, 0.05) is 62.2 Å². The van der Waals surface area contributed by atoms with Crippen molar-refractivity contribution in [3.05, 3.63) is 53.9 Å². The van der Waals surface area contributed by atoms with Crippen LogP contribution in [0.25, 0.3) is 10.9 Å². The molecule has 2 aliphatic heterocycles. The molecular weight excluding hydrogens is 432 g/mol. The summed E-state index contributed by atoms with van der Waals surface area (Å²) in [6, 6.07) is 8.49. The zero-order valence-corrected chi connectivity index (χ0v) is 19.6. The Hall–Kier alpha value is -3.43. The predicted molar refractivity (Wildman–Crippen MR) is 131 cm³/mol. The zero-order valence-electron chi connectivity index (χ0n) is 19.6. The highest BCUT2D eigenvalue weighted by molar-refractivity contribution is 5.84. The molecule has 2 aliphatic rings. The number of fused-ring (bicyclic) bond motifs is 2. The first-order chi connectivity index (χ1) is 16.6. The molecule has 5 rings (SSSR count). The Kier molecular flexibility index (Phi) is 6.46. The quantitative estimate of drug-likeness (QED) is 0.393. The van der Waals surface area contributed by atoms with Crippen molar-refractivity contribution in [2.45, 2.75) is 18.9 Å². The Balaban J connectivity index is 1.22. The molecule has 3 aromatic rings. The standard InChI is InChI=1S/C25H30N6O3/c1-30-23-4-3-19(13-18(23)15-27-30)28-21-5-8-26-25-20(21)14-22(29-25)17-6-9-31(10-7-17)24(32)16-34-12-11-33-2/h3-6,8,13,15,22H,7,9-12,14,16H2,1-2H3,(H2,26,28,29). The third kappa shape index (κ3) is 4.62. The van der Waals surface area contributed by atoms with Gasteiger partial charge in [0.05, 0.1) is 31.0 Å². The van der Waals surface area contributed by atoms with Crippen molar-refractivity contribution in [1.29, 1.82) is 0 Å². The summed E-state index contributed by atoms with van der Waals surface area (Å²) in [6.07, 6.45) is 7.59. The molecule has 178 valence electrons. The normalized spacial score (nSPS) is 17.4. The molecule has 1 atom stereocenters. The first-order valence-electron chi connectivity index (χ1n) is 11.6. The van der Waals surface area contributed by atoms with Gasteiger partial charge < -0.3 is 25.0 Å². The van der Waals surface area contributed by atoms with Gasteiger partial charge in [0.1, 0.15) is 12.4 Å². The SMILES string of the molecule is COCCOCC(=O)N1CC=C(C2Cc3c(Nc4ccc5c(cnn5C)c4)ccnc3N2)CC1. The summed E-state index contributed by atoms with van der Waals surface area (Å²) in [5, 5.41) is 12.6. The van der Waals surface area contributed by atoms with E-state index in [0.717, 1.165) is 40.9 Å². The molecule has 0 saturated heterocycles. The second-order valence-corrected chi connectivity index (χ2v) is 8.67. The van der Waals surface area contributed by atoms with Gasteiger partial charge in [-0.15, -0.1) is 0 Å². The van der Waals surface area contributed by atoms with E-state index in [1.807, 2.05) is 35.1 Å². The smallest absolute Gasteiger partial charge is 0.248 e. The Morgan fingerprint density at radius 1 is 1.29 bits per heavy atom. The number of hydrogen-bond acceptors (Lipinski definition) is 7. The van der Waals surface area contributed by atoms with Crippen LogP contribution in [0.3, 0.4) is 0 Å². The maximum Gasteiger partial charge on any atom is 0.248 e. The number of benzene rings is 1. The van der Waals surface area contributed by atoms with E-state index in [-0.39, 0.29) is 18.6 Å². The van der Waals surface area contributed by atoms with E-state index >= 15 is 0 Å². The van der Waals surface area contributed by atoms with Crippen LogP contribution in [0.5, 0.6) is 0 Å². The van der Waals surface area contributed by atoms with Crippen LogP contribution >= 0.6 is 0 Å². The summed E-state index contributed by atoms with van der Waals surface area (Å²) in [6.45, 7) is 2.34. The molecule has 0 radical (unpaired) electrons. The lowest BCUT2D eigenvalue weighted by Crippen LogP contribution is -2.39. The molecule has 1 aromatic carbocycles. The van der Waals surface area contributed by atoms with Crippen LogP contribution in [0.4, 0.5) is 17.2 Å². The highest BCUT2D eigenvalue weighted by atomic mass is 16.5. The molecule has 0 bridgehead atoms.